The van der Waals surface area contributed by atoms with Gasteiger partial charge >= 0.3 is 0 Å². The smallest absolute Gasteiger partial charge is 0.120 e. The molecule has 2 heteroatoms. The monoisotopic (exact) mass is 127 g/mol. The Labute approximate surface area is 55.4 Å². The quantitative estimate of drug-likeness (QED) is 0.555. The lowest BCUT2D eigenvalue weighted by atomic mass is 10.0. The zero-order valence-corrected chi connectivity index (χ0v) is 5.55. The van der Waals surface area contributed by atoms with Gasteiger partial charge in [-0.15, -0.1) is 0 Å². The minimum absolute atomic E-state index is 0.301. The second-order valence-electron chi connectivity index (χ2n) is 2.76. The molecule has 0 spiro atoms. The van der Waals surface area contributed by atoms with Gasteiger partial charge in [0.1, 0.15) is 6.29 Å². The molecule has 1 aliphatic carbocycles. The fourth-order valence-electron chi connectivity index (χ4n) is 1.48. The van der Waals surface area contributed by atoms with Crippen LogP contribution in [-0.4, -0.2) is 12.3 Å². The van der Waals surface area contributed by atoms with E-state index in [9.17, 15) is 4.79 Å². The van der Waals surface area contributed by atoms with Crippen LogP contribution in [0.1, 0.15) is 25.7 Å². The van der Waals surface area contributed by atoms with Crippen molar-refractivity contribution in [3.63, 3.8) is 0 Å². The van der Waals surface area contributed by atoms with E-state index in [0.717, 1.165) is 19.1 Å². The van der Waals surface area contributed by atoms with Crippen LogP contribution >= 0.6 is 0 Å². The lowest BCUT2D eigenvalue weighted by Crippen LogP contribution is -2.24. The lowest BCUT2D eigenvalue weighted by Gasteiger charge is -2.09. The van der Waals surface area contributed by atoms with Gasteiger partial charge in [0.2, 0.25) is 0 Å². The molecular weight excluding hydrogens is 114 g/mol. The van der Waals surface area contributed by atoms with Gasteiger partial charge in [0.25, 0.3) is 0 Å². The Morgan fingerprint density at radius 2 is 2.33 bits per heavy atom. The molecular formula is C7H13NO. The molecule has 2 atom stereocenters. The van der Waals surface area contributed by atoms with E-state index in [0.29, 0.717) is 18.4 Å². The summed E-state index contributed by atoms with van der Waals surface area (Å²) >= 11 is 0. The van der Waals surface area contributed by atoms with Crippen LogP contribution < -0.4 is 5.73 Å². The third-order valence-electron chi connectivity index (χ3n) is 2.12. The van der Waals surface area contributed by atoms with Crippen LogP contribution in [0.25, 0.3) is 0 Å². The minimum atomic E-state index is 0.301. The van der Waals surface area contributed by atoms with E-state index < -0.39 is 0 Å². The fraction of sp³-hybridized carbons (Fsp3) is 0.857. The molecule has 0 saturated heterocycles. The Morgan fingerprint density at radius 3 is 2.78 bits per heavy atom. The summed E-state index contributed by atoms with van der Waals surface area (Å²) in [4.78, 5) is 10.1. The number of carbonyl (C=O) groups is 1. The Balaban J connectivity index is 2.30. The Bertz CT molecular complexity index is 103. The van der Waals surface area contributed by atoms with Crippen molar-refractivity contribution >= 4 is 6.29 Å². The van der Waals surface area contributed by atoms with Gasteiger partial charge < -0.3 is 10.5 Å². The maximum absolute atomic E-state index is 10.1. The average Bonchev–Trinajstić information content (AvgIpc) is 2.18. The van der Waals surface area contributed by atoms with Crippen molar-refractivity contribution < 1.29 is 4.79 Å². The van der Waals surface area contributed by atoms with Crippen molar-refractivity contribution in [3.8, 4) is 0 Å². The molecule has 0 aliphatic heterocycles. The molecule has 0 bridgehead atoms. The van der Waals surface area contributed by atoms with E-state index >= 15 is 0 Å². The van der Waals surface area contributed by atoms with Crippen molar-refractivity contribution in [1.29, 1.82) is 0 Å². The summed E-state index contributed by atoms with van der Waals surface area (Å²) in [6.07, 6.45) is 5.12. The van der Waals surface area contributed by atoms with E-state index in [1.54, 1.807) is 0 Å². The fourth-order valence-corrected chi connectivity index (χ4v) is 1.48. The molecule has 0 aromatic carbocycles. The van der Waals surface area contributed by atoms with Crippen molar-refractivity contribution in [2.24, 2.45) is 11.7 Å². The topological polar surface area (TPSA) is 43.1 Å². The Kier molecular flexibility index (Phi) is 2.22. The van der Waals surface area contributed by atoms with Crippen LogP contribution in [0.15, 0.2) is 0 Å². The highest BCUT2D eigenvalue weighted by Gasteiger charge is 2.22. The van der Waals surface area contributed by atoms with Crippen LogP contribution in [0.3, 0.4) is 0 Å². The second-order valence-corrected chi connectivity index (χ2v) is 2.76. The molecule has 2 N–H and O–H groups in total. The largest absolute Gasteiger partial charge is 0.327 e. The van der Waals surface area contributed by atoms with Crippen LogP contribution in [0, 0.1) is 5.92 Å². The van der Waals surface area contributed by atoms with Crippen LogP contribution in [-0.2, 0) is 4.79 Å². The van der Waals surface area contributed by atoms with E-state index in [1.807, 2.05) is 0 Å². The molecule has 0 radical (unpaired) electrons. The number of nitrogens with two attached hydrogens (primary N) is 1. The van der Waals surface area contributed by atoms with Crippen molar-refractivity contribution in [2.75, 3.05) is 0 Å². The summed E-state index contributed by atoms with van der Waals surface area (Å²) < 4.78 is 0. The number of rotatable bonds is 2. The highest BCUT2D eigenvalue weighted by molar-refractivity contribution is 5.50. The van der Waals surface area contributed by atoms with Gasteiger partial charge in [-0.3, -0.25) is 0 Å². The van der Waals surface area contributed by atoms with Crippen LogP contribution in [0.2, 0.25) is 0 Å². The standard InChI is InChI=1S/C7H13NO/c8-7-3-1-2-6(7)4-5-9/h5-7H,1-4,8H2. The average molecular weight is 127 g/mol. The predicted octanol–water partition coefficient (Wildman–Crippen LogP) is 0.703. The molecule has 0 heterocycles. The van der Waals surface area contributed by atoms with Crippen LogP contribution in [0.4, 0.5) is 0 Å². The summed E-state index contributed by atoms with van der Waals surface area (Å²) in [6.45, 7) is 0. The molecule has 9 heavy (non-hydrogen) atoms. The zero-order valence-electron chi connectivity index (χ0n) is 5.55. The molecule has 2 unspecified atom stereocenters. The Hall–Kier alpha value is -0.370. The molecule has 2 nitrogen and oxygen atoms in total. The number of hydrogen-bond acceptors (Lipinski definition) is 2. The summed E-state index contributed by atoms with van der Waals surface area (Å²) in [5.41, 5.74) is 5.71. The van der Waals surface area contributed by atoms with E-state index in [2.05, 4.69) is 0 Å². The summed E-state index contributed by atoms with van der Waals surface area (Å²) in [7, 11) is 0. The predicted molar refractivity (Wildman–Crippen MR) is 36.0 cm³/mol. The van der Waals surface area contributed by atoms with Gasteiger partial charge in [-0.25, -0.2) is 0 Å². The normalized spacial score (nSPS) is 34.8. The van der Waals surface area contributed by atoms with Crippen LogP contribution in [0.5, 0.6) is 0 Å². The van der Waals surface area contributed by atoms with Gasteiger partial charge in [0.05, 0.1) is 0 Å². The van der Waals surface area contributed by atoms with Gasteiger partial charge in [0, 0.05) is 12.5 Å². The first-order chi connectivity index (χ1) is 4.34. The molecule has 0 amide bonds. The third kappa shape index (κ3) is 1.52. The highest BCUT2D eigenvalue weighted by Crippen LogP contribution is 2.25. The molecule has 0 aromatic rings. The molecule has 52 valence electrons. The first kappa shape index (κ1) is 6.75. The summed E-state index contributed by atoms with van der Waals surface area (Å²) in [6, 6.07) is 0.301. The highest BCUT2D eigenvalue weighted by atomic mass is 16.1. The summed E-state index contributed by atoms with van der Waals surface area (Å²) in [5, 5.41) is 0. The molecule has 1 saturated carbocycles. The van der Waals surface area contributed by atoms with Gasteiger partial charge in [0.15, 0.2) is 0 Å². The maximum Gasteiger partial charge on any atom is 0.120 e. The zero-order chi connectivity index (χ0) is 6.69. The first-order valence-corrected chi connectivity index (χ1v) is 3.54. The summed E-state index contributed by atoms with van der Waals surface area (Å²) in [5.74, 6) is 0.488. The van der Waals surface area contributed by atoms with Crippen molar-refractivity contribution in [3.05, 3.63) is 0 Å². The second kappa shape index (κ2) is 2.97. The number of hydrogen-bond donors (Lipinski definition) is 1. The van der Waals surface area contributed by atoms with E-state index in [4.69, 9.17) is 5.73 Å². The van der Waals surface area contributed by atoms with E-state index in [-0.39, 0.29) is 0 Å². The molecule has 1 fully saturated rings. The molecule has 0 aromatic heterocycles. The van der Waals surface area contributed by atoms with Gasteiger partial charge in [-0.2, -0.15) is 0 Å². The maximum atomic E-state index is 10.1. The van der Waals surface area contributed by atoms with E-state index in [1.165, 1.54) is 6.42 Å². The van der Waals surface area contributed by atoms with Gasteiger partial charge in [-0.1, -0.05) is 6.42 Å². The number of carbonyl (C=O) groups excluding carboxylic acids is 1. The van der Waals surface area contributed by atoms with Gasteiger partial charge in [-0.05, 0) is 18.8 Å². The molecule has 1 aliphatic rings. The first-order valence-electron chi connectivity index (χ1n) is 3.54. The number of aldehydes is 1. The van der Waals surface area contributed by atoms with Crippen molar-refractivity contribution in [2.45, 2.75) is 31.7 Å². The third-order valence-corrected chi connectivity index (χ3v) is 2.12. The lowest BCUT2D eigenvalue weighted by molar-refractivity contribution is -0.108. The molecule has 1 rings (SSSR count). The van der Waals surface area contributed by atoms with Crippen molar-refractivity contribution in [1.82, 2.24) is 0 Å². The SMILES string of the molecule is NC1CCCC1CC=O. The Morgan fingerprint density at radius 1 is 1.56 bits per heavy atom. The minimum Gasteiger partial charge on any atom is -0.327 e.